The van der Waals surface area contributed by atoms with Crippen LogP contribution in [0.5, 0.6) is 0 Å². The second-order valence-corrected chi connectivity index (χ2v) is 2.11. The average Bonchev–Trinajstić information content (AvgIpc) is 1.82. The summed E-state index contributed by atoms with van der Waals surface area (Å²) in [5.74, 6) is -1.20. The third kappa shape index (κ3) is 1.18. The molecule has 0 unspecified atom stereocenters. The van der Waals surface area contributed by atoms with Crippen LogP contribution in [0.3, 0.4) is 0 Å². The fourth-order valence-corrected chi connectivity index (χ4v) is 0.665. The molecule has 0 atom stereocenters. The Morgan fingerprint density at radius 1 is 1.20 bits per heavy atom. The lowest BCUT2D eigenvalue weighted by atomic mass is 9.95. The van der Waals surface area contributed by atoms with E-state index >= 15 is 0 Å². The van der Waals surface area contributed by atoms with Gasteiger partial charge in [0, 0.05) is 5.56 Å². The van der Waals surface area contributed by atoms with Gasteiger partial charge in [-0.2, -0.15) is 0 Å². The Kier molecular flexibility index (Phi) is 1.75. The molecular weight excluding hydrogens is 133 g/mol. The molecule has 2 radical (unpaired) electrons. The quantitative estimate of drug-likeness (QED) is 0.470. The molecule has 0 heterocycles. The Labute approximate surface area is 59.3 Å². The van der Waals surface area contributed by atoms with E-state index in [1.807, 2.05) is 0 Å². The molecule has 10 heavy (non-hydrogen) atoms. The maximum absolute atomic E-state index is 12.5. The molecule has 0 nitrogen and oxygen atoms in total. The molecule has 1 aromatic carbocycles. The van der Waals surface area contributed by atoms with E-state index < -0.39 is 11.6 Å². The highest BCUT2D eigenvalue weighted by Crippen LogP contribution is 2.07. The number of benzene rings is 1. The van der Waals surface area contributed by atoms with Crippen molar-refractivity contribution >= 4 is 13.3 Å². The lowest BCUT2D eigenvalue weighted by Gasteiger charge is -1.98. The van der Waals surface area contributed by atoms with Crippen molar-refractivity contribution in [3.8, 4) is 0 Å². The van der Waals surface area contributed by atoms with Gasteiger partial charge in [0.05, 0.1) is 0 Å². The first-order chi connectivity index (χ1) is 4.61. The van der Waals surface area contributed by atoms with Crippen LogP contribution >= 0.6 is 0 Å². The van der Waals surface area contributed by atoms with E-state index in [1.54, 1.807) is 0 Å². The standard InChI is InChI=1S/C7H5BF2/c1-4-6(9)2-5(8)3-7(4)10/h2-3H,1H3. The van der Waals surface area contributed by atoms with Gasteiger partial charge in [-0.25, -0.2) is 8.78 Å². The van der Waals surface area contributed by atoms with E-state index in [9.17, 15) is 8.78 Å². The molecule has 0 aliphatic heterocycles. The van der Waals surface area contributed by atoms with Gasteiger partial charge in [0.15, 0.2) is 0 Å². The van der Waals surface area contributed by atoms with Crippen LogP contribution < -0.4 is 5.46 Å². The second-order valence-electron chi connectivity index (χ2n) is 2.11. The molecular formula is C7H5BF2. The summed E-state index contributed by atoms with van der Waals surface area (Å²) in [6.07, 6.45) is 0. The maximum atomic E-state index is 12.5. The van der Waals surface area contributed by atoms with Crippen LogP contribution in [0.1, 0.15) is 5.56 Å². The highest BCUT2D eigenvalue weighted by molar-refractivity contribution is 6.32. The smallest absolute Gasteiger partial charge is 0.128 e. The summed E-state index contributed by atoms with van der Waals surface area (Å²) < 4.78 is 25.0. The molecule has 0 saturated heterocycles. The zero-order chi connectivity index (χ0) is 7.72. The van der Waals surface area contributed by atoms with Gasteiger partial charge in [-0.15, -0.1) is 0 Å². The van der Waals surface area contributed by atoms with Crippen molar-refractivity contribution in [2.75, 3.05) is 0 Å². The normalized spacial score (nSPS) is 9.90. The van der Waals surface area contributed by atoms with Gasteiger partial charge >= 0.3 is 0 Å². The van der Waals surface area contributed by atoms with Crippen LogP contribution in [0.4, 0.5) is 8.78 Å². The molecule has 0 amide bonds. The summed E-state index contributed by atoms with van der Waals surface area (Å²) in [6, 6.07) is 2.19. The van der Waals surface area contributed by atoms with E-state index in [2.05, 4.69) is 0 Å². The first-order valence-electron chi connectivity index (χ1n) is 2.82. The van der Waals surface area contributed by atoms with Crippen LogP contribution in [0.25, 0.3) is 0 Å². The van der Waals surface area contributed by atoms with Crippen molar-refractivity contribution in [1.82, 2.24) is 0 Å². The Morgan fingerprint density at radius 2 is 1.60 bits per heavy atom. The Balaban J connectivity index is 3.31. The summed E-state index contributed by atoms with van der Waals surface area (Å²) in [5, 5.41) is 0. The topological polar surface area (TPSA) is 0 Å². The molecule has 0 spiro atoms. The van der Waals surface area contributed by atoms with Gasteiger partial charge in [0.1, 0.15) is 19.5 Å². The molecule has 0 fully saturated rings. The molecule has 1 aromatic rings. The fourth-order valence-electron chi connectivity index (χ4n) is 0.665. The van der Waals surface area contributed by atoms with Crippen LogP contribution in [0, 0.1) is 18.6 Å². The SMILES string of the molecule is [B]c1cc(F)c(C)c(F)c1. The molecule has 0 aliphatic rings. The van der Waals surface area contributed by atoms with Gasteiger partial charge in [0.2, 0.25) is 0 Å². The molecule has 0 saturated carbocycles. The lowest BCUT2D eigenvalue weighted by Crippen LogP contribution is -2.06. The molecule has 1 rings (SSSR count). The molecule has 50 valence electrons. The molecule has 0 bridgehead atoms. The van der Waals surface area contributed by atoms with Crippen LogP contribution in [0.15, 0.2) is 12.1 Å². The van der Waals surface area contributed by atoms with Gasteiger partial charge in [-0.3, -0.25) is 0 Å². The average molecular weight is 138 g/mol. The Morgan fingerprint density at radius 3 is 2.00 bits per heavy atom. The lowest BCUT2D eigenvalue weighted by molar-refractivity contribution is 0.570. The number of rotatable bonds is 0. The van der Waals surface area contributed by atoms with Crippen molar-refractivity contribution in [3.63, 3.8) is 0 Å². The molecule has 0 aliphatic carbocycles. The van der Waals surface area contributed by atoms with E-state index in [0.717, 1.165) is 12.1 Å². The largest absolute Gasteiger partial charge is 0.207 e. The number of hydrogen-bond donors (Lipinski definition) is 0. The first-order valence-corrected chi connectivity index (χ1v) is 2.82. The monoisotopic (exact) mass is 138 g/mol. The minimum Gasteiger partial charge on any atom is -0.207 e. The summed E-state index contributed by atoms with van der Waals surface area (Å²) in [5.41, 5.74) is 0.120. The summed E-state index contributed by atoms with van der Waals surface area (Å²) >= 11 is 0. The summed E-state index contributed by atoms with van der Waals surface area (Å²) in [6.45, 7) is 1.37. The van der Waals surface area contributed by atoms with Crippen molar-refractivity contribution in [2.45, 2.75) is 6.92 Å². The van der Waals surface area contributed by atoms with E-state index in [1.165, 1.54) is 6.92 Å². The summed E-state index contributed by atoms with van der Waals surface area (Å²) in [4.78, 5) is 0. The third-order valence-corrected chi connectivity index (χ3v) is 1.30. The second kappa shape index (κ2) is 2.41. The van der Waals surface area contributed by atoms with E-state index in [4.69, 9.17) is 7.85 Å². The predicted molar refractivity (Wildman–Crippen MR) is 36.5 cm³/mol. The van der Waals surface area contributed by atoms with Gasteiger partial charge < -0.3 is 0 Å². The highest BCUT2D eigenvalue weighted by atomic mass is 19.1. The van der Waals surface area contributed by atoms with Gasteiger partial charge in [0.25, 0.3) is 0 Å². The van der Waals surface area contributed by atoms with Crippen molar-refractivity contribution in [2.24, 2.45) is 0 Å². The Bertz CT molecular complexity index is 235. The number of hydrogen-bond acceptors (Lipinski definition) is 0. The molecule has 3 heteroatoms. The van der Waals surface area contributed by atoms with Crippen molar-refractivity contribution in [3.05, 3.63) is 29.3 Å². The third-order valence-electron chi connectivity index (χ3n) is 1.30. The van der Waals surface area contributed by atoms with Crippen molar-refractivity contribution in [1.29, 1.82) is 0 Å². The molecule has 0 N–H and O–H groups in total. The van der Waals surface area contributed by atoms with E-state index in [0.29, 0.717) is 0 Å². The van der Waals surface area contributed by atoms with Gasteiger partial charge in [-0.1, -0.05) is 5.46 Å². The van der Waals surface area contributed by atoms with Gasteiger partial charge in [-0.05, 0) is 19.1 Å². The zero-order valence-corrected chi connectivity index (χ0v) is 5.49. The van der Waals surface area contributed by atoms with Crippen LogP contribution in [0.2, 0.25) is 0 Å². The predicted octanol–water partition coefficient (Wildman–Crippen LogP) is 1.07. The van der Waals surface area contributed by atoms with Crippen molar-refractivity contribution < 1.29 is 8.78 Å². The summed E-state index contributed by atoms with van der Waals surface area (Å²) in [7, 11) is 5.15. The van der Waals surface area contributed by atoms with Crippen LogP contribution in [-0.2, 0) is 0 Å². The number of halogens is 2. The zero-order valence-electron chi connectivity index (χ0n) is 5.49. The highest BCUT2D eigenvalue weighted by Gasteiger charge is 2.02. The maximum Gasteiger partial charge on any atom is 0.128 e. The first kappa shape index (κ1) is 7.25. The van der Waals surface area contributed by atoms with Crippen LogP contribution in [-0.4, -0.2) is 7.85 Å². The molecule has 0 aromatic heterocycles. The Hall–Kier alpha value is -0.855. The van der Waals surface area contributed by atoms with E-state index in [-0.39, 0.29) is 11.0 Å². The minimum atomic E-state index is -0.600. The fraction of sp³-hybridized carbons (Fsp3) is 0.143. The minimum absolute atomic E-state index is 0.00852.